The number of rotatable bonds is 7. The molecule has 1 aromatic rings. The number of carbonyl (C=O) groups excluding carboxylic acids is 2. The van der Waals surface area contributed by atoms with Crippen LogP contribution in [0.1, 0.15) is 77.7 Å². The van der Waals surface area contributed by atoms with E-state index in [0.29, 0.717) is 37.1 Å². The second kappa shape index (κ2) is 10.3. The fraction of sp³-hybridized carbons (Fsp3) is 0.645. The normalized spacial score (nSPS) is 36.4. The smallest absolute Gasteiger partial charge is 0.260 e. The van der Waals surface area contributed by atoms with Crippen molar-refractivity contribution in [1.29, 1.82) is 0 Å². The van der Waals surface area contributed by atoms with Crippen molar-refractivity contribution in [2.24, 2.45) is 33.7 Å². The number of Topliss-reactive ketones (excluding diaryl/α,β-unsaturated/α-hetero) is 1. The standard InChI is InChI=1S/C31H42N2O6/c1-19(34)31(38)14-10-25-23-6-5-21-17-22(8-12-29(21,2)24(23)9-13-30(25,31)3)33-39-18-28(37)32-15-11-20-4-7-26(35)27(36)16-20/h4,7,16-17,23-25,35-36,38H,5-6,8-15,18H2,1-3H3,(H,32,37)/t23-,24+,25+,29+,30+,31+/m1/s1. The van der Waals surface area contributed by atoms with E-state index in [0.717, 1.165) is 56.2 Å². The van der Waals surface area contributed by atoms with Crippen LogP contribution in [0.4, 0.5) is 0 Å². The number of nitrogens with one attached hydrogen (secondary N) is 1. The predicted octanol–water partition coefficient (Wildman–Crippen LogP) is 4.41. The summed E-state index contributed by atoms with van der Waals surface area (Å²) in [5.41, 5.74) is 1.70. The highest BCUT2D eigenvalue weighted by Crippen LogP contribution is 2.67. The number of benzene rings is 1. The van der Waals surface area contributed by atoms with Crippen LogP contribution in [0.5, 0.6) is 11.5 Å². The maximum Gasteiger partial charge on any atom is 0.260 e. The third-order valence-electron chi connectivity index (χ3n) is 10.9. The quantitative estimate of drug-likeness (QED) is 0.301. The van der Waals surface area contributed by atoms with Crippen molar-refractivity contribution in [2.75, 3.05) is 13.2 Å². The van der Waals surface area contributed by atoms with Crippen molar-refractivity contribution in [2.45, 2.75) is 84.2 Å². The van der Waals surface area contributed by atoms with E-state index < -0.39 is 5.60 Å². The third kappa shape index (κ3) is 4.75. The molecule has 0 unspecified atom stereocenters. The first-order valence-electron chi connectivity index (χ1n) is 14.4. The molecule has 3 saturated carbocycles. The second-order valence-corrected chi connectivity index (χ2v) is 12.7. The van der Waals surface area contributed by atoms with Gasteiger partial charge in [-0.25, -0.2) is 0 Å². The Labute approximate surface area is 230 Å². The van der Waals surface area contributed by atoms with E-state index in [4.69, 9.17) is 4.84 Å². The van der Waals surface area contributed by atoms with Gasteiger partial charge in [-0.3, -0.25) is 9.59 Å². The second-order valence-electron chi connectivity index (χ2n) is 12.7. The molecule has 0 aromatic heterocycles. The fourth-order valence-corrected chi connectivity index (χ4v) is 8.53. The Morgan fingerprint density at radius 3 is 2.56 bits per heavy atom. The number of ketones is 1. The largest absolute Gasteiger partial charge is 0.504 e. The number of hydrogen-bond donors (Lipinski definition) is 4. The lowest BCUT2D eigenvalue weighted by Crippen LogP contribution is -2.57. The number of aromatic hydroxyl groups is 2. The van der Waals surface area contributed by atoms with Gasteiger partial charge in [-0.05, 0) is 112 Å². The highest BCUT2D eigenvalue weighted by molar-refractivity contribution is 5.96. The molecule has 4 aliphatic carbocycles. The molecule has 39 heavy (non-hydrogen) atoms. The molecule has 0 aliphatic heterocycles. The lowest BCUT2D eigenvalue weighted by atomic mass is 9.46. The van der Waals surface area contributed by atoms with Gasteiger partial charge in [0.25, 0.3) is 5.91 Å². The van der Waals surface area contributed by atoms with E-state index in [9.17, 15) is 24.9 Å². The van der Waals surface area contributed by atoms with Gasteiger partial charge in [0, 0.05) is 12.0 Å². The van der Waals surface area contributed by atoms with Gasteiger partial charge in [-0.2, -0.15) is 0 Å². The highest BCUT2D eigenvalue weighted by atomic mass is 16.6. The Balaban J connectivity index is 1.16. The Hall–Kier alpha value is -2.87. The number of phenols is 2. The molecular weight excluding hydrogens is 496 g/mol. The van der Waals surface area contributed by atoms with E-state index >= 15 is 0 Å². The molecule has 3 fully saturated rings. The highest BCUT2D eigenvalue weighted by Gasteiger charge is 2.65. The van der Waals surface area contributed by atoms with E-state index in [2.05, 4.69) is 30.4 Å². The summed E-state index contributed by atoms with van der Waals surface area (Å²) >= 11 is 0. The average molecular weight is 539 g/mol. The van der Waals surface area contributed by atoms with Gasteiger partial charge in [0.2, 0.25) is 0 Å². The molecule has 4 aliphatic rings. The van der Waals surface area contributed by atoms with Crippen LogP contribution in [0, 0.1) is 28.6 Å². The van der Waals surface area contributed by atoms with Crippen LogP contribution in [0.25, 0.3) is 0 Å². The van der Waals surface area contributed by atoms with Gasteiger partial charge in [-0.15, -0.1) is 0 Å². The Kier molecular flexibility index (Phi) is 7.29. The molecule has 8 nitrogen and oxygen atoms in total. The molecule has 0 bridgehead atoms. The lowest BCUT2D eigenvalue weighted by molar-refractivity contribution is -0.159. The van der Waals surface area contributed by atoms with Gasteiger partial charge >= 0.3 is 0 Å². The maximum atomic E-state index is 12.5. The van der Waals surface area contributed by atoms with Gasteiger partial charge in [0.1, 0.15) is 5.60 Å². The summed E-state index contributed by atoms with van der Waals surface area (Å²) in [4.78, 5) is 30.0. The SMILES string of the molecule is CC(=O)[C@@]1(O)CC[C@H]2[C@@H]3CCC4=CC(=NOCC(=O)NCCc5ccc(O)c(O)c5)CC[C@]4(C)[C@H]3CC[C@@]21C. The zero-order chi connectivity index (χ0) is 28.0. The molecule has 0 spiro atoms. The molecule has 4 N–H and O–H groups in total. The van der Waals surface area contributed by atoms with Crippen LogP contribution in [-0.2, 0) is 20.8 Å². The van der Waals surface area contributed by atoms with Gasteiger partial charge in [0.05, 0.1) is 5.71 Å². The number of oxime groups is 1. The van der Waals surface area contributed by atoms with Crippen LogP contribution in [0.2, 0.25) is 0 Å². The minimum absolute atomic E-state index is 0.0709. The molecule has 0 saturated heterocycles. The number of aliphatic hydroxyl groups is 1. The number of fused-ring (bicyclic) bond motifs is 5. The van der Waals surface area contributed by atoms with E-state index in [1.165, 1.54) is 17.7 Å². The van der Waals surface area contributed by atoms with Crippen molar-refractivity contribution >= 4 is 17.4 Å². The first-order chi connectivity index (χ1) is 18.5. The number of hydrogen-bond acceptors (Lipinski definition) is 7. The summed E-state index contributed by atoms with van der Waals surface area (Å²) in [6.45, 7) is 6.34. The first kappa shape index (κ1) is 27.7. The van der Waals surface area contributed by atoms with Gasteiger partial charge in [0.15, 0.2) is 23.9 Å². The summed E-state index contributed by atoms with van der Waals surface area (Å²) in [5.74, 6) is 0.795. The van der Waals surface area contributed by atoms with E-state index in [1.807, 2.05) is 0 Å². The Bertz CT molecular complexity index is 1210. The van der Waals surface area contributed by atoms with Crippen LogP contribution < -0.4 is 5.32 Å². The first-order valence-corrected chi connectivity index (χ1v) is 14.4. The molecule has 212 valence electrons. The number of amides is 1. The summed E-state index contributed by atoms with van der Waals surface area (Å²) in [6.07, 6.45) is 10.0. The van der Waals surface area contributed by atoms with Crippen molar-refractivity contribution < 1.29 is 29.7 Å². The van der Waals surface area contributed by atoms with Gasteiger partial charge in [-0.1, -0.05) is 30.6 Å². The molecule has 1 aromatic carbocycles. The van der Waals surface area contributed by atoms with Crippen molar-refractivity contribution in [1.82, 2.24) is 5.32 Å². The zero-order valence-corrected chi connectivity index (χ0v) is 23.3. The van der Waals surface area contributed by atoms with E-state index in [1.54, 1.807) is 13.0 Å². The molecular formula is C31H42N2O6. The Morgan fingerprint density at radius 2 is 1.82 bits per heavy atom. The van der Waals surface area contributed by atoms with Crippen LogP contribution in [-0.4, -0.2) is 51.5 Å². The number of nitrogens with zero attached hydrogens (tertiary/aromatic N) is 1. The minimum Gasteiger partial charge on any atom is -0.504 e. The molecule has 0 radical (unpaired) electrons. The van der Waals surface area contributed by atoms with Crippen LogP contribution in [0.15, 0.2) is 35.0 Å². The third-order valence-corrected chi connectivity index (χ3v) is 10.9. The van der Waals surface area contributed by atoms with Crippen LogP contribution in [0.3, 0.4) is 0 Å². The molecule has 5 rings (SSSR count). The number of allylic oxidation sites excluding steroid dienone is 2. The predicted molar refractivity (Wildman–Crippen MR) is 147 cm³/mol. The topological polar surface area (TPSA) is 128 Å². The summed E-state index contributed by atoms with van der Waals surface area (Å²) in [6, 6.07) is 4.61. The fourth-order valence-electron chi connectivity index (χ4n) is 8.53. The van der Waals surface area contributed by atoms with E-state index in [-0.39, 0.29) is 40.6 Å². The number of carbonyl (C=O) groups is 2. The van der Waals surface area contributed by atoms with Crippen molar-refractivity contribution in [3.8, 4) is 11.5 Å². The molecule has 6 atom stereocenters. The number of phenolic OH excluding ortho intramolecular Hbond substituents is 2. The van der Waals surface area contributed by atoms with Crippen LogP contribution >= 0.6 is 0 Å². The molecule has 1 amide bonds. The zero-order valence-electron chi connectivity index (χ0n) is 23.3. The molecule has 0 heterocycles. The van der Waals surface area contributed by atoms with Gasteiger partial charge < -0.3 is 25.5 Å². The molecule has 8 heteroatoms. The summed E-state index contributed by atoms with van der Waals surface area (Å²) < 4.78 is 0. The Morgan fingerprint density at radius 1 is 1.05 bits per heavy atom. The average Bonchev–Trinajstić information content (AvgIpc) is 3.18. The summed E-state index contributed by atoms with van der Waals surface area (Å²) in [7, 11) is 0. The maximum absolute atomic E-state index is 12.5. The van der Waals surface area contributed by atoms with Crippen molar-refractivity contribution in [3.05, 3.63) is 35.4 Å². The minimum atomic E-state index is -1.18. The summed E-state index contributed by atoms with van der Waals surface area (Å²) in [5, 5.41) is 37.4. The monoisotopic (exact) mass is 538 g/mol. The lowest BCUT2D eigenvalue weighted by Gasteiger charge is -2.59. The van der Waals surface area contributed by atoms with Crippen molar-refractivity contribution in [3.63, 3.8) is 0 Å².